The Labute approximate surface area is 424 Å². The van der Waals surface area contributed by atoms with E-state index in [2.05, 4.69) is 270 Å². The maximum absolute atomic E-state index is 2.58. The summed E-state index contributed by atoms with van der Waals surface area (Å²) in [5.74, 6) is 0. The van der Waals surface area contributed by atoms with Crippen molar-refractivity contribution in [3.05, 3.63) is 231 Å². The molecule has 344 valence electrons. The zero-order chi connectivity index (χ0) is 48.9. The van der Waals surface area contributed by atoms with Crippen LogP contribution in [-0.4, -0.2) is 16.1 Å². The smallest absolute Gasteiger partial charge is 0.0656 e. The summed E-state index contributed by atoms with van der Waals surface area (Å²) in [7, 11) is -3.04. The van der Waals surface area contributed by atoms with E-state index in [9.17, 15) is 0 Å². The van der Waals surface area contributed by atoms with Gasteiger partial charge in [-0.1, -0.05) is 244 Å². The van der Waals surface area contributed by atoms with Crippen LogP contribution in [0.4, 0.5) is 0 Å². The Morgan fingerprint density at radius 3 is 1.17 bits per heavy atom. The SMILES string of the molecule is C[Si](C)(C)c1ccc2cc(-c3c4ccc(-c5ccccc5)cc4c(-c4ccc5cc([Si](C)(C)C)ccc5c4)c4cc5c(cc34)c(-c3ccccc3)c(-c3ccc4ccccc4c3)c3ccccc35)ccc2c1. The molecule has 0 aliphatic rings. The van der Waals surface area contributed by atoms with E-state index in [0.717, 1.165) is 0 Å². The summed E-state index contributed by atoms with van der Waals surface area (Å²) in [6.07, 6.45) is 0. The van der Waals surface area contributed by atoms with Crippen molar-refractivity contribution < 1.29 is 0 Å². The highest BCUT2D eigenvalue weighted by atomic mass is 28.3. The van der Waals surface area contributed by atoms with Crippen LogP contribution in [0.5, 0.6) is 0 Å². The second kappa shape index (κ2) is 16.9. The van der Waals surface area contributed by atoms with E-state index >= 15 is 0 Å². The summed E-state index contributed by atoms with van der Waals surface area (Å²) >= 11 is 0. The van der Waals surface area contributed by atoms with Crippen molar-refractivity contribution in [1.82, 2.24) is 0 Å². The lowest BCUT2D eigenvalue weighted by molar-refractivity contribution is 1.63. The molecular weight excluding hydrogens is 897 g/mol. The summed E-state index contributed by atoms with van der Waals surface area (Å²) in [4.78, 5) is 0. The molecule has 0 saturated heterocycles. The summed E-state index contributed by atoms with van der Waals surface area (Å²) in [5, 5.41) is 20.6. The van der Waals surface area contributed by atoms with Crippen molar-refractivity contribution in [3.8, 4) is 55.6 Å². The molecule has 0 amide bonds. The molecule has 72 heavy (non-hydrogen) atoms. The van der Waals surface area contributed by atoms with Crippen LogP contribution >= 0.6 is 0 Å². The number of rotatable bonds is 7. The Kier molecular flexibility index (Phi) is 10.3. The lowest BCUT2D eigenvalue weighted by Crippen LogP contribution is -2.37. The lowest BCUT2D eigenvalue weighted by Gasteiger charge is -2.23. The zero-order valence-corrected chi connectivity index (χ0v) is 43.9. The van der Waals surface area contributed by atoms with E-state index in [1.807, 2.05) is 0 Å². The van der Waals surface area contributed by atoms with Gasteiger partial charge in [0, 0.05) is 0 Å². The standard InChI is InChI=1S/C70H56Si2/c1-71(2,3)57-34-31-49-38-54(29-26-51(49)40-57)67-61-36-33-53(45-17-9-7-10-18-45)42-63(61)68(55-30-27-52-41-58(72(4,5)6)35-32-50(52)39-55)65-43-62-59-23-15-16-24-60(59)70(56-28-25-46-19-13-14-22-48(46)37-56)69(64(62)44-66(65)67)47-20-11-8-12-21-47/h7-44H,1-6H3. The Hall–Kier alpha value is -7.89. The number of hydrogen-bond donors (Lipinski definition) is 0. The van der Waals surface area contributed by atoms with Crippen LogP contribution < -0.4 is 10.4 Å². The largest absolute Gasteiger partial charge is 0.0776 e. The Balaban J connectivity index is 1.22. The molecule has 0 bridgehead atoms. The fourth-order valence-electron chi connectivity index (χ4n) is 11.6. The van der Waals surface area contributed by atoms with Gasteiger partial charge in [-0.2, -0.15) is 0 Å². The predicted octanol–water partition coefficient (Wildman–Crippen LogP) is 19.2. The molecule has 2 heteroatoms. The van der Waals surface area contributed by atoms with E-state index < -0.39 is 16.1 Å². The van der Waals surface area contributed by atoms with Crippen molar-refractivity contribution in [2.75, 3.05) is 0 Å². The Bertz CT molecular complexity index is 4320. The molecule has 0 aliphatic carbocycles. The van der Waals surface area contributed by atoms with Crippen molar-refractivity contribution in [2.24, 2.45) is 0 Å². The molecule has 0 unspecified atom stereocenters. The molecule has 0 aromatic heterocycles. The van der Waals surface area contributed by atoms with E-state index in [1.54, 1.807) is 0 Å². The van der Waals surface area contributed by atoms with Gasteiger partial charge in [-0.25, -0.2) is 0 Å². The van der Waals surface area contributed by atoms with Crippen molar-refractivity contribution in [2.45, 2.75) is 39.3 Å². The first-order valence-electron chi connectivity index (χ1n) is 25.6. The van der Waals surface area contributed by atoms with Gasteiger partial charge in [0.05, 0.1) is 16.1 Å². The maximum Gasteiger partial charge on any atom is 0.0776 e. The van der Waals surface area contributed by atoms with Crippen molar-refractivity contribution >= 4 is 102 Å². The highest BCUT2D eigenvalue weighted by molar-refractivity contribution is 6.89. The zero-order valence-electron chi connectivity index (χ0n) is 41.9. The molecular formula is C70H56Si2. The molecule has 0 heterocycles. The first kappa shape index (κ1) is 44.1. The second-order valence-electron chi connectivity index (χ2n) is 22.1. The topological polar surface area (TPSA) is 0 Å². The summed E-state index contributed by atoms with van der Waals surface area (Å²) in [5.41, 5.74) is 12.4. The minimum absolute atomic E-state index is 1.21. The molecule has 13 aromatic rings. The minimum atomic E-state index is -1.52. The number of hydrogen-bond acceptors (Lipinski definition) is 0. The van der Waals surface area contributed by atoms with Gasteiger partial charge in [-0.15, -0.1) is 0 Å². The molecule has 0 N–H and O–H groups in total. The highest BCUT2D eigenvalue weighted by Gasteiger charge is 2.25. The third-order valence-corrected chi connectivity index (χ3v) is 19.5. The van der Waals surface area contributed by atoms with Gasteiger partial charge in [0.15, 0.2) is 0 Å². The van der Waals surface area contributed by atoms with E-state index in [1.165, 1.54) is 141 Å². The van der Waals surface area contributed by atoms with Crippen LogP contribution in [0, 0.1) is 0 Å². The fraction of sp³-hybridized carbons (Fsp3) is 0.0857. The van der Waals surface area contributed by atoms with E-state index in [0.29, 0.717) is 0 Å². The van der Waals surface area contributed by atoms with Crippen molar-refractivity contribution in [1.29, 1.82) is 0 Å². The monoisotopic (exact) mass is 952 g/mol. The quantitative estimate of drug-likeness (QED) is 0.0848. The number of benzene rings is 13. The van der Waals surface area contributed by atoms with Crippen molar-refractivity contribution in [3.63, 3.8) is 0 Å². The molecule has 13 aromatic carbocycles. The Morgan fingerprint density at radius 2 is 0.569 bits per heavy atom. The maximum atomic E-state index is 2.58. The molecule has 0 nitrogen and oxygen atoms in total. The molecule has 0 spiro atoms. The van der Waals surface area contributed by atoms with Crippen LogP contribution in [-0.2, 0) is 0 Å². The third-order valence-electron chi connectivity index (χ3n) is 15.5. The molecule has 13 rings (SSSR count). The average Bonchev–Trinajstić information content (AvgIpc) is 3.40. The molecule has 0 aliphatic heterocycles. The predicted molar refractivity (Wildman–Crippen MR) is 322 cm³/mol. The van der Waals surface area contributed by atoms with E-state index in [4.69, 9.17) is 0 Å². The molecule has 0 fully saturated rings. The van der Waals surface area contributed by atoms with Gasteiger partial charge in [0.2, 0.25) is 0 Å². The lowest BCUT2D eigenvalue weighted by atomic mass is 9.80. The van der Waals surface area contributed by atoms with Crippen LogP contribution in [0.15, 0.2) is 231 Å². The summed E-state index contributed by atoms with van der Waals surface area (Å²) in [6.45, 7) is 14.6. The van der Waals surface area contributed by atoms with Gasteiger partial charge in [-0.3, -0.25) is 0 Å². The third kappa shape index (κ3) is 7.48. The first-order chi connectivity index (χ1) is 34.9. The highest BCUT2D eigenvalue weighted by Crippen LogP contribution is 2.51. The first-order valence-corrected chi connectivity index (χ1v) is 32.6. The molecule has 0 radical (unpaired) electrons. The minimum Gasteiger partial charge on any atom is -0.0656 e. The van der Waals surface area contributed by atoms with Gasteiger partial charge in [0.25, 0.3) is 0 Å². The molecule has 0 atom stereocenters. The fourth-order valence-corrected chi connectivity index (χ4v) is 14.0. The van der Waals surface area contributed by atoms with E-state index in [-0.39, 0.29) is 0 Å². The molecule has 0 saturated carbocycles. The summed E-state index contributed by atoms with van der Waals surface area (Å²) < 4.78 is 0. The van der Waals surface area contributed by atoms with Gasteiger partial charge < -0.3 is 0 Å². The average molecular weight is 953 g/mol. The van der Waals surface area contributed by atoms with Crippen LogP contribution in [0.3, 0.4) is 0 Å². The van der Waals surface area contributed by atoms with Crippen LogP contribution in [0.1, 0.15) is 0 Å². The van der Waals surface area contributed by atoms with Gasteiger partial charge >= 0.3 is 0 Å². The van der Waals surface area contributed by atoms with Gasteiger partial charge in [0.1, 0.15) is 0 Å². The summed E-state index contributed by atoms with van der Waals surface area (Å²) in [6, 6.07) is 88.1. The Morgan fingerprint density at radius 1 is 0.194 bits per heavy atom. The number of fused-ring (bicyclic) bond motifs is 8. The van der Waals surface area contributed by atoms with Gasteiger partial charge in [-0.05, 0) is 167 Å². The second-order valence-corrected chi connectivity index (χ2v) is 32.3. The van der Waals surface area contributed by atoms with Crippen LogP contribution in [0.2, 0.25) is 39.3 Å². The van der Waals surface area contributed by atoms with Crippen LogP contribution in [0.25, 0.3) is 131 Å². The normalized spacial score (nSPS) is 12.3.